The molecule has 0 unspecified atom stereocenters. The number of anilines is 2. The largest absolute Gasteiger partial charge is 0.477 e. The summed E-state index contributed by atoms with van der Waals surface area (Å²) in [6.07, 6.45) is 0. The van der Waals surface area contributed by atoms with Crippen LogP contribution in [0, 0.1) is 0 Å². The maximum absolute atomic E-state index is 10.6. The average molecular weight is 537 g/mol. The van der Waals surface area contributed by atoms with Crippen LogP contribution in [-0.2, 0) is 0 Å². The van der Waals surface area contributed by atoms with Crippen LogP contribution in [0.25, 0.3) is 27.8 Å². The molecule has 0 fully saturated rings. The van der Waals surface area contributed by atoms with Crippen molar-refractivity contribution in [2.45, 2.75) is 0 Å². The van der Waals surface area contributed by atoms with Crippen LogP contribution in [0.3, 0.4) is 0 Å². The fourth-order valence-corrected chi connectivity index (χ4v) is 4.97. The number of aromatic nitrogens is 2. The maximum atomic E-state index is 10.6. The van der Waals surface area contributed by atoms with Gasteiger partial charge in [0.15, 0.2) is 5.69 Å². The molecule has 0 spiro atoms. The number of nitrogens with zero attached hydrogens (tertiary/aromatic N) is 2. The zero-order valence-corrected chi connectivity index (χ0v) is 21.7. The molecule has 0 aliphatic rings. The van der Waals surface area contributed by atoms with Crippen LogP contribution >= 0.6 is 22.9 Å². The van der Waals surface area contributed by atoms with E-state index in [1.54, 1.807) is 23.5 Å². The molecule has 0 atom stereocenters. The first-order valence-corrected chi connectivity index (χ1v) is 13.1. The first kappa shape index (κ1) is 25.1. The van der Waals surface area contributed by atoms with E-state index in [1.807, 2.05) is 54.6 Å². The molecule has 0 bridgehead atoms. The summed E-state index contributed by atoms with van der Waals surface area (Å²) in [5.74, 6) is -0.995. The number of carboxylic acid groups (broad SMARTS) is 1. The Morgan fingerprint density at radius 2 is 1.45 bits per heavy atom. The summed E-state index contributed by atoms with van der Waals surface area (Å²) in [4.78, 5) is 14.6. The Kier molecular flexibility index (Phi) is 7.73. The molecular weight excluding hydrogens is 514 g/mol. The molecule has 186 valence electrons. The third kappa shape index (κ3) is 5.89. The van der Waals surface area contributed by atoms with Gasteiger partial charge in [-0.15, -0.1) is 0 Å². The van der Waals surface area contributed by atoms with E-state index in [2.05, 4.69) is 68.8 Å². The second-order valence-corrected chi connectivity index (χ2v) is 9.58. The van der Waals surface area contributed by atoms with Crippen LogP contribution in [0.15, 0.2) is 127 Å². The Morgan fingerprint density at radius 1 is 0.789 bits per heavy atom. The summed E-state index contributed by atoms with van der Waals surface area (Å²) in [5, 5.41) is 17.1. The van der Waals surface area contributed by atoms with Crippen LogP contribution in [0.4, 0.5) is 10.8 Å². The predicted octanol–water partition coefficient (Wildman–Crippen LogP) is 8.02. The van der Waals surface area contributed by atoms with Crippen molar-refractivity contribution in [3.05, 3.63) is 137 Å². The van der Waals surface area contributed by atoms with Gasteiger partial charge in [-0.05, 0) is 60.7 Å². The van der Waals surface area contributed by atoms with E-state index in [-0.39, 0.29) is 5.69 Å². The fourth-order valence-electron chi connectivity index (χ4n) is 3.89. The highest BCUT2D eigenvalue weighted by atomic mass is 35.5. The highest BCUT2D eigenvalue weighted by Crippen LogP contribution is 2.28. The smallest absolute Gasteiger partial charge is 0.354 e. The molecule has 0 amide bonds. The van der Waals surface area contributed by atoms with E-state index in [1.165, 1.54) is 6.07 Å². The van der Waals surface area contributed by atoms with E-state index in [9.17, 15) is 4.79 Å². The van der Waals surface area contributed by atoms with Crippen molar-refractivity contribution in [1.29, 1.82) is 0 Å². The van der Waals surface area contributed by atoms with Gasteiger partial charge in [-0.25, -0.2) is 15.1 Å². The standard InChI is InChI=1S/C21H15ClN2S.C10H7NO2/c22-17-13-11-16(12-14-17)20-15-25-21(23-18-7-3-1-4-8-18)24(20)19-9-5-2-6-10-19;12-10(13)9-6-5-7-3-1-2-4-8(7)11-9/h1-15H;1-6H,(H,12,13)/p+1. The number of carboxylic acids is 1. The highest BCUT2D eigenvalue weighted by Gasteiger charge is 2.21. The first-order chi connectivity index (χ1) is 18.6. The summed E-state index contributed by atoms with van der Waals surface area (Å²) in [6.45, 7) is 0. The lowest BCUT2D eigenvalue weighted by Crippen LogP contribution is -2.33. The average Bonchev–Trinajstić information content (AvgIpc) is 3.38. The van der Waals surface area contributed by atoms with Crippen molar-refractivity contribution in [2.75, 3.05) is 5.32 Å². The predicted molar refractivity (Wildman–Crippen MR) is 155 cm³/mol. The van der Waals surface area contributed by atoms with Gasteiger partial charge in [0.25, 0.3) is 0 Å². The Labute approximate surface area is 229 Å². The normalized spacial score (nSPS) is 10.4. The van der Waals surface area contributed by atoms with Gasteiger partial charge >= 0.3 is 11.1 Å². The molecule has 0 saturated carbocycles. The first-order valence-electron chi connectivity index (χ1n) is 11.8. The monoisotopic (exact) mass is 536 g/mol. The van der Waals surface area contributed by atoms with Crippen molar-refractivity contribution in [3.8, 4) is 16.9 Å². The Morgan fingerprint density at radius 3 is 2.16 bits per heavy atom. The molecule has 4 aromatic carbocycles. The number of thiazole rings is 1. The summed E-state index contributed by atoms with van der Waals surface area (Å²) in [7, 11) is 0. The molecule has 6 rings (SSSR count). The van der Waals surface area contributed by atoms with Crippen molar-refractivity contribution in [3.63, 3.8) is 0 Å². The molecule has 0 saturated heterocycles. The second-order valence-electron chi connectivity index (χ2n) is 8.29. The zero-order chi connectivity index (χ0) is 26.3. The van der Waals surface area contributed by atoms with Crippen LogP contribution in [0.1, 0.15) is 10.5 Å². The van der Waals surface area contributed by atoms with Crippen LogP contribution in [-0.4, -0.2) is 16.1 Å². The van der Waals surface area contributed by atoms with Crippen molar-refractivity contribution >= 4 is 50.6 Å². The van der Waals surface area contributed by atoms with E-state index in [0.717, 1.165) is 38.2 Å². The minimum atomic E-state index is -0.995. The van der Waals surface area contributed by atoms with Gasteiger partial charge in [0.1, 0.15) is 17.1 Å². The Bertz CT molecular complexity index is 1670. The highest BCUT2D eigenvalue weighted by molar-refractivity contribution is 7.13. The number of carbonyl (C=O) groups is 1. The van der Waals surface area contributed by atoms with E-state index in [4.69, 9.17) is 16.7 Å². The number of hydrogen-bond donors (Lipinski definition) is 2. The molecule has 7 heteroatoms. The van der Waals surface area contributed by atoms with Gasteiger partial charge in [-0.2, -0.15) is 4.57 Å². The summed E-state index contributed by atoms with van der Waals surface area (Å²) >= 11 is 7.74. The lowest BCUT2D eigenvalue weighted by Gasteiger charge is -2.06. The minimum Gasteiger partial charge on any atom is -0.477 e. The van der Waals surface area contributed by atoms with Gasteiger partial charge in [0.2, 0.25) is 0 Å². The van der Waals surface area contributed by atoms with E-state index in [0.29, 0.717) is 5.52 Å². The molecule has 0 aliphatic heterocycles. The molecule has 2 heterocycles. The van der Waals surface area contributed by atoms with Gasteiger partial charge in [0.05, 0.1) is 5.52 Å². The molecule has 2 N–H and O–H groups in total. The second kappa shape index (κ2) is 11.7. The zero-order valence-electron chi connectivity index (χ0n) is 20.2. The number of hydrogen-bond acceptors (Lipinski definition) is 4. The number of halogens is 1. The Balaban J connectivity index is 0.000000190. The quantitative estimate of drug-likeness (QED) is 0.219. The molecule has 0 aliphatic carbocycles. The Hall–Kier alpha value is -4.52. The lowest BCUT2D eigenvalue weighted by molar-refractivity contribution is -0.563. The number of para-hydroxylation sites is 3. The molecular formula is C31H23ClN3O2S+. The summed E-state index contributed by atoms with van der Waals surface area (Å²) in [5.41, 5.74) is 5.24. The van der Waals surface area contributed by atoms with Crippen molar-refractivity contribution in [1.82, 2.24) is 4.98 Å². The van der Waals surface area contributed by atoms with Gasteiger partial charge < -0.3 is 5.11 Å². The summed E-state index contributed by atoms with van der Waals surface area (Å²) < 4.78 is 2.24. The number of nitrogens with one attached hydrogen (secondary N) is 1. The fraction of sp³-hybridized carbons (Fsp3) is 0. The van der Waals surface area contributed by atoms with Gasteiger partial charge in [-0.3, -0.25) is 0 Å². The SMILES string of the molecule is Clc1ccc(-c2csc(Nc3ccccc3)[n+]2-c2ccccc2)cc1.O=C(O)c1ccc2ccccc2n1. The van der Waals surface area contributed by atoms with Crippen molar-refractivity contribution in [2.24, 2.45) is 0 Å². The van der Waals surface area contributed by atoms with Gasteiger partial charge in [0, 0.05) is 21.4 Å². The number of aromatic carboxylic acids is 1. The molecule has 0 radical (unpaired) electrons. The number of fused-ring (bicyclic) bond motifs is 1. The van der Waals surface area contributed by atoms with Crippen LogP contribution in [0.2, 0.25) is 5.02 Å². The third-order valence-electron chi connectivity index (χ3n) is 5.72. The number of pyridine rings is 1. The topological polar surface area (TPSA) is 66.1 Å². The molecule has 2 aromatic heterocycles. The van der Waals surface area contributed by atoms with E-state index >= 15 is 0 Å². The summed E-state index contributed by atoms with van der Waals surface area (Å²) in [6, 6.07) is 39.2. The minimum absolute atomic E-state index is 0.0821. The van der Waals surface area contributed by atoms with Crippen LogP contribution in [0.5, 0.6) is 0 Å². The number of benzene rings is 4. The molecule has 6 aromatic rings. The molecule has 5 nitrogen and oxygen atoms in total. The van der Waals surface area contributed by atoms with Crippen molar-refractivity contribution < 1.29 is 14.5 Å². The number of rotatable bonds is 5. The van der Waals surface area contributed by atoms with E-state index < -0.39 is 5.97 Å². The van der Waals surface area contributed by atoms with Gasteiger partial charge in [-0.1, -0.05) is 83.6 Å². The van der Waals surface area contributed by atoms with Crippen LogP contribution < -0.4 is 9.88 Å². The molecule has 38 heavy (non-hydrogen) atoms. The maximum Gasteiger partial charge on any atom is 0.354 e. The third-order valence-corrected chi connectivity index (χ3v) is 6.82. The lowest BCUT2D eigenvalue weighted by atomic mass is 10.1.